The van der Waals surface area contributed by atoms with Crippen LogP contribution in [0.3, 0.4) is 0 Å². The quantitative estimate of drug-likeness (QED) is 0.521. The SMILES string of the molecule is CN(C)CCCN(C)C(=O)CS[C@@H]1CCCC[C@H]1SCc1ccccc1Cl. The molecule has 1 aromatic rings. The Morgan fingerprint density at radius 2 is 1.74 bits per heavy atom. The Morgan fingerprint density at radius 3 is 2.41 bits per heavy atom. The molecule has 0 N–H and O–H groups in total. The second-order valence-electron chi connectivity index (χ2n) is 7.55. The molecule has 1 amide bonds. The van der Waals surface area contributed by atoms with Gasteiger partial charge < -0.3 is 9.80 Å². The Morgan fingerprint density at radius 1 is 1.07 bits per heavy atom. The van der Waals surface area contributed by atoms with Gasteiger partial charge in [0.05, 0.1) is 5.75 Å². The number of hydrogen-bond acceptors (Lipinski definition) is 4. The van der Waals surface area contributed by atoms with E-state index in [1.807, 2.05) is 47.6 Å². The van der Waals surface area contributed by atoms with E-state index in [9.17, 15) is 4.79 Å². The minimum absolute atomic E-state index is 0.263. The molecule has 2 rings (SSSR count). The van der Waals surface area contributed by atoms with Gasteiger partial charge in [-0.2, -0.15) is 11.8 Å². The van der Waals surface area contributed by atoms with Crippen molar-refractivity contribution in [1.82, 2.24) is 9.80 Å². The Hall–Kier alpha value is -0.360. The molecule has 0 aliphatic heterocycles. The molecule has 0 aromatic heterocycles. The Balaban J connectivity index is 1.77. The summed E-state index contributed by atoms with van der Waals surface area (Å²) in [6.07, 6.45) is 6.09. The van der Waals surface area contributed by atoms with Crippen LogP contribution in [0.4, 0.5) is 0 Å². The minimum Gasteiger partial charge on any atom is -0.345 e. The van der Waals surface area contributed by atoms with Crippen molar-refractivity contribution in [3.63, 3.8) is 0 Å². The lowest BCUT2D eigenvalue weighted by Gasteiger charge is -2.31. The van der Waals surface area contributed by atoms with E-state index >= 15 is 0 Å². The summed E-state index contributed by atoms with van der Waals surface area (Å²) in [6, 6.07) is 8.12. The first-order valence-electron chi connectivity index (χ1n) is 9.82. The molecular formula is C21H33ClN2OS2. The van der Waals surface area contributed by atoms with E-state index in [1.54, 1.807) is 0 Å². The number of benzene rings is 1. The number of amides is 1. The molecule has 1 aliphatic rings. The van der Waals surface area contributed by atoms with Crippen molar-refractivity contribution < 1.29 is 4.79 Å². The van der Waals surface area contributed by atoms with Crippen LogP contribution in [0.5, 0.6) is 0 Å². The average Bonchev–Trinajstić information content (AvgIpc) is 2.65. The molecule has 1 saturated carbocycles. The number of halogens is 1. The van der Waals surface area contributed by atoms with E-state index in [0.717, 1.165) is 30.3 Å². The van der Waals surface area contributed by atoms with E-state index in [0.29, 0.717) is 16.3 Å². The van der Waals surface area contributed by atoms with Crippen molar-refractivity contribution in [2.45, 2.75) is 48.4 Å². The highest BCUT2D eigenvalue weighted by Gasteiger charge is 2.27. The Kier molecular flexibility index (Phi) is 10.4. The summed E-state index contributed by atoms with van der Waals surface area (Å²) in [6.45, 7) is 1.86. The maximum absolute atomic E-state index is 12.5. The normalized spacial score (nSPS) is 20.0. The van der Waals surface area contributed by atoms with Gasteiger partial charge in [0.25, 0.3) is 0 Å². The molecule has 27 heavy (non-hydrogen) atoms. The highest BCUT2D eigenvalue weighted by molar-refractivity contribution is 8.03. The lowest BCUT2D eigenvalue weighted by atomic mass is 10.00. The van der Waals surface area contributed by atoms with E-state index in [2.05, 4.69) is 31.1 Å². The summed E-state index contributed by atoms with van der Waals surface area (Å²) >= 11 is 10.2. The van der Waals surface area contributed by atoms with E-state index < -0.39 is 0 Å². The maximum Gasteiger partial charge on any atom is 0.232 e. The van der Waals surface area contributed by atoms with Crippen molar-refractivity contribution in [3.05, 3.63) is 34.9 Å². The maximum atomic E-state index is 12.5. The number of nitrogens with zero attached hydrogens (tertiary/aromatic N) is 2. The van der Waals surface area contributed by atoms with Crippen LogP contribution >= 0.6 is 35.1 Å². The van der Waals surface area contributed by atoms with Gasteiger partial charge in [0.2, 0.25) is 5.91 Å². The number of thioether (sulfide) groups is 2. The van der Waals surface area contributed by atoms with Crippen LogP contribution in [0.15, 0.2) is 24.3 Å². The third-order valence-corrected chi connectivity index (χ3v) is 8.42. The van der Waals surface area contributed by atoms with Crippen LogP contribution in [0.2, 0.25) is 5.02 Å². The van der Waals surface area contributed by atoms with Gasteiger partial charge in [-0.25, -0.2) is 0 Å². The summed E-state index contributed by atoms with van der Waals surface area (Å²) in [4.78, 5) is 16.5. The lowest BCUT2D eigenvalue weighted by molar-refractivity contribution is -0.127. The van der Waals surface area contributed by atoms with E-state index in [-0.39, 0.29) is 5.91 Å². The van der Waals surface area contributed by atoms with Crippen molar-refractivity contribution in [2.75, 3.05) is 40.0 Å². The molecule has 0 saturated heterocycles. The van der Waals surface area contributed by atoms with Gasteiger partial charge in [0, 0.05) is 34.9 Å². The predicted molar refractivity (Wildman–Crippen MR) is 122 cm³/mol. The van der Waals surface area contributed by atoms with E-state index in [4.69, 9.17) is 11.6 Å². The fourth-order valence-electron chi connectivity index (χ4n) is 3.29. The van der Waals surface area contributed by atoms with Gasteiger partial charge in [-0.3, -0.25) is 4.79 Å². The molecule has 6 heteroatoms. The molecule has 1 aliphatic carbocycles. The smallest absolute Gasteiger partial charge is 0.232 e. The third kappa shape index (κ3) is 8.26. The lowest BCUT2D eigenvalue weighted by Crippen LogP contribution is -2.33. The molecule has 0 heterocycles. The topological polar surface area (TPSA) is 23.6 Å². The summed E-state index contributed by atoms with van der Waals surface area (Å²) in [5.74, 6) is 1.82. The zero-order valence-corrected chi connectivity index (χ0v) is 19.2. The summed E-state index contributed by atoms with van der Waals surface area (Å²) < 4.78 is 0. The van der Waals surface area contributed by atoms with Crippen LogP contribution in [0.25, 0.3) is 0 Å². The zero-order chi connectivity index (χ0) is 19.6. The number of hydrogen-bond donors (Lipinski definition) is 0. The summed E-state index contributed by atoms with van der Waals surface area (Å²) in [7, 11) is 6.07. The molecule has 1 aromatic carbocycles. The zero-order valence-electron chi connectivity index (χ0n) is 16.8. The monoisotopic (exact) mass is 428 g/mol. The molecule has 0 radical (unpaired) electrons. The summed E-state index contributed by atoms with van der Waals surface area (Å²) in [5, 5.41) is 2.05. The molecule has 0 bridgehead atoms. The fourth-order valence-corrected chi connectivity index (χ4v) is 6.64. The third-order valence-electron chi connectivity index (χ3n) is 5.00. The average molecular weight is 429 g/mol. The minimum atomic E-state index is 0.263. The van der Waals surface area contributed by atoms with Crippen molar-refractivity contribution in [1.29, 1.82) is 0 Å². The van der Waals surface area contributed by atoms with Crippen LogP contribution in [0.1, 0.15) is 37.7 Å². The van der Waals surface area contributed by atoms with E-state index in [1.165, 1.54) is 31.2 Å². The van der Waals surface area contributed by atoms with Crippen LogP contribution in [-0.4, -0.2) is 66.2 Å². The van der Waals surface area contributed by atoms with Gasteiger partial charge >= 0.3 is 0 Å². The second kappa shape index (κ2) is 12.3. The first-order valence-corrected chi connectivity index (χ1v) is 12.3. The van der Waals surface area contributed by atoms with Crippen molar-refractivity contribution in [3.8, 4) is 0 Å². The highest BCUT2D eigenvalue weighted by Crippen LogP contribution is 2.38. The largest absolute Gasteiger partial charge is 0.345 e. The molecule has 0 spiro atoms. The Labute approximate surface area is 178 Å². The van der Waals surface area contributed by atoms with Gasteiger partial charge in [-0.05, 0) is 51.5 Å². The molecule has 3 nitrogen and oxygen atoms in total. The first-order chi connectivity index (χ1) is 13.0. The highest BCUT2D eigenvalue weighted by atomic mass is 35.5. The van der Waals surface area contributed by atoms with Gasteiger partial charge in [0.15, 0.2) is 0 Å². The first kappa shape index (κ1) is 22.9. The Bertz CT molecular complexity index is 585. The van der Waals surface area contributed by atoms with Crippen molar-refractivity contribution in [2.24, 2.45) is 0 Å². The van der Waals surface area contributed by atoms with Gasteiger partial charge in [-0.1, -0.05) is 42.6 Å². The molecule has 1 fully saturated rings. The standard InChI is InChI=1S/C21H33ClN2OS2/c1-23(2)13-8-14-24(3)21(25)16-27-20-12-7-6-11-19(20)26-15-17-9-4-5-10-18(17)22/h4-5,9-10,19-20H,6-8,11-16H2,1-3H3/t19-,20-/m1/s1. The van der Waals surface area contributed by atoms with Gasteiger partial charge in [0.1, 0.15) is 0 Å². The van der Waals surface area contributed by atoms with Gasteiger partial charge in [-0.15, -0.1) is 11.8 Å². The van der Waals surface area contributed by atoms with Crippen molar-refractivity contribution >= 4 is 41.0 Å². The molecule has 2 atom stereocenters. The van der Waals surface area contributed by atoms with Crippen LogP contribution in [0, 0.1) is 0 Å². The molecular weight excluding hydrogens is 396 g/mol. The number of carbonyl (C=O) groups is 1. The second-order valence-corrected chi connectivity index (χ2v) is 10.4. The molecule has 152 valence electrons. The number of rotatable bonds is 10. The van der Waals surface area contributed by atoms with Crippen LogP contribution in [-0.2, 0) is 10.5 Å². The fraction of sp³-hybridized carbons (Fsp3) is 0.667. The molecule has 0 unspecified atom stereocenters. The number of carbonyl (C=O) groups excluding carboxylic acids is 1. The predicted octanol–water partition coefficient (Wildman–Crippen LogP) is 5.03. The summed E-state index contributed by atoms with van der Waals surface area (Å²) in [5.41, 5.74) is 1.22. The van der Waals surface area contributed by atoms with Crippen LogP contribution < -0.4 is 0 Å².